The van der Waals surface area contributed by atoms with Crippen LogP contribution in [0, 0.1) is 17.3 Å². The zero-order valence-corrected chi connectivity index (χ0v) is 7.04. The summed E-state index contributed by atoms with van der Waals surface area (Å²) in [7, 11) is 0. The lowest BCUT2D eigenvalue weighted by molar-refractivity contribution is 0.326. The standard InChI is InChI=1S/C10H16/c1-3-10(4-2)8-6-5-7-9-10/h3-6,8H2,1-2H3. The van der Waals surface area contributed by atoms with Crippen LogP contribution in [-0.2, 0) is 0 Å². The van der Waals surface area contributed by atoms with Crippen LogP contribution in [0.5, 0.6) is 0 Å². The van der Waals surface area contributed by atoms with Crippen molar-refractivity contribution in [2.45, 2.75) is 46.0 Å². The second kappa shape index (κ2) is 3.10. The molecule has 1 aliphatic rings. The van der Waals surface area contributed by atoms with Crippen molar-refractivity contribution in [3.05, 3.63) is 0 Å². The van der Waals surface area contributed by atoms with Gasteiger partial charge in [0.15, 0.2) is 0 Å². The van der Waals surface area contributed by atoms with E-state index in [2.05, 4.69) is 25.7 Å². The molecule has 56 valence electrons. The van der Waals surface area contributed by atoms with Crippen LogP contribution in [0.4, 0.5) is 0 Å². The summed E-state index contributed by atoms with van der Waals surface area (Å²) in [5.41, 5.74) is 0.401. The molecule has 0 heterocycles. The molecule has 0 bridgehead atoms. The maximum atomic E-state index is 3.38. The van der Waals surface area contributed by atoms with Gasteiger partial charge in [-0.15, -0.1) is 5.92 Å². The Balaban J connectivity index is 2.68. The molecule has 0 unspecified atom stereocenters. The number of hydrogen-bond acceptors (Lipinski definition) is 0. The first-order chi connectivity index (χ1) is 4.83. The molecule has 0 aromatic heterocycles. The second-order valence-corrected chi connectivity index (χ2v) is 3.14. The van der Waals surface area contributed by atoms with Crippen LogP contribution < -0.4 is 0 Å². The summed E-state index contributed by atoms with van der Waals surface area (Å²) >= 11 is 0. The monoisotopic (exact) mass is 136 g/mol. The van der Waals surface area contributed by atoms with Gasteiger partial charge in [-0.1, -0.05) is 19.8 Å². The van der Waals surface area contributed by atoms with Gasteiger partial charge < -0.3 is 0 Å². The van der Waals surface area contributed by atoms with Gasteiger partial charge in [-0.05, 0) is 25.7 Å². The van der Waals surface area contributed by atoms with Crippen LogP contribution in [-0.4, -0.2) is 0 Å². The van der Waals surface area contributed by atoms with Crippen LogP contribution in [0.3, 0.4) is 0 Å². The predicted molar refractivity (Wildman–Crippen MR) is 44.6 cm³/mol. The van der Waals surface area contributed by atoms with E-state index in [1.807, 2.05) is 0 Å². The summed E-state index contributed by atoms with van der Waals surface area (Å²) in [6.07, 6.45) is 6.23. The van der Waals surface area contributed by atoms with Gasteiger partial charge in [-0.3, -0.25) is 0 Å². The highest BCUT2D eigenvalue weighted by molar-refractivity contribution is 5.14. The number of rotatable bonds is 2. The molecule has 0 atom stereocenters. The molecule has 0 aromatic rings. The van der Waals surface area contributed by atoms with Crippen LogP contribution in [0.1, 0.15) is 46.0 Å². The Bertz CT molecular complexity index is 153. The highest BCUT2D eigenvalue weighted by atomic mass is 14.3. The van der Waals surface area contributed by atoms with Gasteiger partial charge in [0.1, 0.15) is 0 Å². The molecular formula is C10H16. The van der Waals surface area contributed by atoms with E-state index in [-0.39, 0.29) is 0 Å². The van der Waals surface area contributed by atoms with Gasteiger partial charge in [-0.25, -0.2) is 0 Å². The summed E-state index contributed by atoms with van der Waals surface area (Å²) in [6, 6.07) is 0. The maximum absolute atomic E-state index is 3.38. The Morgan fingerprint density at radius 1 is 1.30 bits per heavy atom. The molecule has 0 saturated heterocycles. The average Bonchev–Trinajstić information content (AvgIpc) is 2.06. The molecule has 0 nitrogen and oxygen atoms in total. The third kappa shape index (κ3) is 1.34. The number of hydrogen-bond donors (Lipinski definition) is 0. The Labute approximate surface area is 64.0 Å². The van der Waals surface area contributed by atoms with Gasteiger partial charge in [-0.2, -0.15) is 0 Å². The Kier molecular flexibility index (Phi) is 2.38. The summed E-state index contributed by atoms with van der Waals surface area (Å²) in [4.78, 5) is 0. The summed E-state index contributed by atoms with van der Waals surface area (Å²) in [5.74, 6) is 6.61. The minimum atomic E-state index is 0.401. The molecule has 0 spiro atoms. The molecule has 0 aliphatic heterocycles. The Morgan fingerprint density at radius 2 is 2.00 bits per heavy atom. The lowest BCUT2D eigenvalue weighted by atomic mass is 9.76. The lowest BCUT2D eigenvalue weighted by Gasteiger charge is -2.27. The Morgan fingerprint density at radius 3 is 2.30 bits per heavy atom. The van der Waals surface area contributed by atoms with E-state index < -0.39 is 0 Å². The van der Waals surface area contributed by atoms with E-state index in [4.69, 9.17) is 0 Å². The largest absolute Gasteiger partial charge is 0.103 e. The Hall–Kier alpha value is -0.440. The zero-order valence-electron chi connectivity index (χ0n) is 7.04. The maximum Gasteiger partial charge on any atom is 0.0309 e. The molecule has 0 saturated carbocycles. The minimum absolute atomic E-state index is 0.401. The first-order valence-electron chi connectivity index (χ1n) is 4.33. The second-order valence-electron chi connectivity index (χ2n) is 3.14. The smallest absolute Gasteiger partial charge is 0.0309 e. The average molecular weight is 136 g/mol. The van der Waals surface area contributed by atoms with Gasteiger partial charge >= 0.3 is 0 Å². The van der Waals surface area contributed by atoms with Gasteiger partial charge in [0, 0.05) is 11.8 Å². The quantitative estimate of drug-likeness (QED) is 0.512. The molecule has 1 aliphatic carbocycles. The van der Waals surface area contributed by atoms with Crippen molar-refractivity contribution in [1.29, 1.82) is 0 Å². The summed E-state index contributed by atoms with van der Waals surface area (Å²) in [5, 5.41) is 0. The van der Waals surface area contributed by atoms with Crippen molar-refractivity contribution in [2.75, 3.05) is 0 Å². The molecule has 1 rings (SSSR count). The minimum Gasteiger partial charge on any atom is -0.103 e. The van der Waals surface area contributed by atoms with Crippen molar-refractivity contribution >= 4 is 0 Å². The van der Waals surface area contributed by atoms with Crippen LogP contribution in [0.15, 0.2) is 0 Å². The predicted octanol–water partition coefficient (Wildman–Crippen LogP) is 2.98. The zero-order chi connectivity index (χ0) is 7.45. The fourth-order valence-electron chi connectivity index (χ4n) is 1.61. The van der Waals surface area contributed by atoms with Gasteiger partial charge in [0.25, 0.3) is 0 Å². The van der Waals surface area contributed by atoms with Crippen molar-refractivity contribution in [3.8, 4) is 11.8 Å². The fraction of sp³-hybridized carbons (Fsp3) is 0.800. The van der Waals surface area contributed by atoms with Crippen molar-refractivity contribution in [2.24, 2.45) is 5.41 Å². The van der Waals surface area contributed by atoms with E-state index in [1.165, 1.54) is 25.7 Å². The lowest BCUT2D eigenvalue weighted by Crippen LogP contribution is -2.18. The highest BCUT2D eigenvalue weighted by Gasteiger charge is 2.24. The molecule has 0 N–H and O–H groups in total. The van der Waals surface area contributed by atoms with Crippen molar-refractivity contribution < 1.29 is 0 Å². The molecular weight excluding hydrogens is 120 g/mol. The first kappa shape index (κ1) is 7.66. The highest BCUT2D eigenvalue weighted by Crippen LogP contribution is 2.33. The van der Waals surface area contributed by atoms with Gasteiger partial charge in [0.05, 0.1) is 0 Å². The van der Waals surface area contributed by atoms with E-state index >= 15 is 0 Å². The first-order valence-corrected chi connectivity index (χ1v) is 4.33. The summed E-state index contributed by atoms with van der Waals surface area (Å²) in [6.45, 7) is 4.51. The molecule has 0 heteroatoms. The fourth-order valence-corrected chi connectivity index (χ4v) is 1.61. The SMILES string of the molecule is CCC1(CC)C#CCCC1. The molecule has 10 heavy (non-hydrogen) atoms. The topological polar surface area (TPSA) is 0 Å². The van der Waals surface area contributed by atoms with Crippen molar-refractivity contribution in [1.82, 2.24) is 0 Å². The van der Waals surface area contributed by atoms with Gasteiger partial charge in [0.2, 0.25) is 0 Å². The van der Waals surface area contributed by atoms with E-state index in [0.29, 0.717) is 5.41 Å². The molecule has 0 amide bonds. The van der Waals surface area contributed by atoms with E-state index in [1.54, 1.807) is 0 Å². The van der Waals surface area contributed by atoms with E-state index in [0.717, 1.165) is 6.42 Å². The van der Waals surface area contributed by atoms with E-state index in [9.17, 15) is 0 Å². The summed E-state index contributed by atoms with van der Waals surface area (Å²) < 4.78 is 0. The molecule has 0 aromatic carbocycles. The third-order valence-electron chi connectivity index (χ3n) is 2.66. The van der Waals surface area contributed by atoms with Crippen LogP contribution in [0.25, 0.3) is 0 Å². The molecule has 0 fully saturated rings. The van der Waals surface area contributed by atoms with Crippen LogP contribution in [0.2, 0.25) is 0 Å². The molecule has 0 radical (unpaired) electrons. The third-order valence-corrected chi connectivity index (χ3v) is 2.66. The van der Waals surface area contributed by atoms with Crippen LogP contribution >= 0.6 is 0 Å². The van der Waals surface area contributed by atoms with Crippen molar-refractivity contribution in [3.63, 3.8) is 0 Å². The normalized spacial score (nSPS) is 21.4.